The summed E-state index contributed by atoms with van der Waals surface area (Å²) in [6.45, 7) is 8.71. The first-order chi connectivity index (χ1) is 18.2. The number of aliphatic carboxylic acids is 1. The molecular weight excluding hydrogens is 494 g/mol. The van der Waals surface area contributed by atoms with Gasteiger partial charge >= 0.3 is 5.97 Å². The molecule has 1 unspecified atom stereocenters. The number of carboxylic acids is 1. The van der Waals surface area contributed by atoms with Crippen LogP contribution >= 0.6 is 0 Å². The van der Waals surface area contributed by atoms with Crippen LogP contribution in [0.3, 0.4) is 0 Å². The van der Waals surface area contributed by atoms with Crippen LogP contribution in [0.15, 0.2) is 29.4 Å². The Morgan fingerprint density at radius 3 is 2.66 bits per heavy atom. The Kier molecular flexibility index (Phi) is 7.98. The highest BCUT2D eigenvalue weighted by Crippen LogP contribution is 2.60. The van der Waals surface area contributed by atoms with Crippen LogP contribution in [-0.2, 0) is 33.6 Å². The second-order valence-electron chi connectivity index (χ2n) is 11.2. The van der Waals surface area contributed by atoms with Gasteiger partial charge in [0.05, 0.1) is 18.9 Å². The molecule has 1 spiro atoms. The second kappa shape index (κ2) is 11.1. The number of hydrogen-bond acceptors (Lipinski definition) is 9. The zero-order valence-corrected chi connectivity index (χ0v) is 22.6. The molecule has 1 aliphatic carbocycles. The van der Waals surface area contributed by atoms with Gasteiger partial charge < -0.3 is 28.9 Å². The maximum absolute atomic E-state index is 10.5. The molecule has 0 aromatic heterocycles. The summed E-state index contributed by atoms with van der Waals surface area (Å²) in [5, 5.41) is 12.4. The maximum Gasteiger partial charge on any atom is 0.344 e. The lowest BCUT2D eigenvalue weighted by atomic mass is 9.58. The van der Waals surface area contributed by atoms with Crippen LogP contribution in [0.5, 0.6) is 5.75 Å². The number of nitrogens with zero attached hydrogens (tertiary/aromatic N) is 1. The van der Waals surface area contributed by atoms with Crippen molar-refractivity contribution in [3.8, 4) is 5.75 Å². The molecule has 8 atom stereocenters. The fourth-order valence-corrected chi connectivity index (χ4v) is 6.54. The van der Waals surface area contributed by atoms with E-state index in [0.717, 1.165) is 37.0 Å². The average Bonchev–Trinajstić information content (AvgIpc) is 3.12. The van der Waals surface area contributed by atoms with Crippen LogP contribution in [0.4, 0.5) is 0 Å². The van der Waals surface area contributed by atoms with Gasteiger partial charge in [0, 0.05) is 24.7 Å². The van der Waals surface area contributed by atoms with Gasteiger partial charge in [0.2, 0.25) is 12.4 Å². The molecule has 1 aromatic carbocycles. The van der Waals surface area contributed by atoms with Crippen LogP contribution in [-0.4, -0.2) is 60.6 Å². The van der Waals surface area contributed by atoms with E-state index in [1.807, 2.05) is 31.2 Å². The molecule has 2 bridgehead atoms. The molecule has 1 saturated carbocycles. The van der Waals surface area contributed by atoms with Crippen molar-refractivity contribution in [1.82, 2.24) is 0 Å². The number of benzene rings is 1. The zero-order chi connectivity index (χ0) is 26.9. The molecule has 5 fully saturated rings. The molecule has 4 saturated heterocycles. The number of ether oxygens (including phenoxy) is 4. The van der Waals surface area contributed by atoms with Crippen molar-refractivity contribution < 1.29 is 43.5 Å². The summed E-state index contributed by atoms with van der Waals surface area (Å²) in [6.07, 6.45) is 3.83. The van der Waals surface area contributed by atoms with Crippen LogP contribution in [0.25, 0.3) is 0 Å². The molecular formula is C28H39NO9. The maximum atomic E-state index is 10.5. The van der Waals surface area contributed by atoms with E-state index in [1.165, 1.54) is 0 Å². The van der Waals surface area contributed by atoms with Crippen LogP contribution in [0, 0.1) is 23.7 Å². The predicted molar refractivity (Wildman–Crippen MR) is 135 cm³/mol. The smallest absolute Gasteiger partial charge is 0.344 e. The van der Waals surface area contributed by atoms with E-state index < -0.39 is 30.3 Å². The summed E-state index contributed by atoms with van der Waals surface area (Å²) in [6, 6.07) is 7.40. The van der Waals surface area contributed by atoms with Gasteiger partial charge in [-0.1, -0.05) is 19.0 Å². The highest BCUT2D eigenvalue weighted by molar-refractivity contribution is 5.98. The van der Waals surface area contributed by atoms with Crippen molar-refractivity contribution >= 4 is 11.7 Å². The first-order valence-corrected chi connectivity index (χ1v) is 13.6. The number of carbonyl (C=O) groups is 1. The number of rotatable bonds is 10. The van der Waals surface area contributed by atoms with Gasteiger partial charge in [0.25, 0.3) is 0 Å². The van der Waals surface area contributed by atoms with Gasteiger partial charge in [-0.05, 0) is 74.8 Å². The lowest BCUT2D eigenvalue weighted by Gasteiger charge is -2.60. The molecule has 1 aromatic rings. The Balaban J connectivity index is 1.11. The molecule has 5 aliphatic rings. The Bertz CT molecular complexity index is 1020. The Labute approximate surface area is 223 Å². The summed E-state index contributed by atoms with van der Waals surface area (Å²) in [5.41, 5.74) is 0.836. The van der Waals surface area contributed by atoms with E-state index in [9.17, 15) is 4.79 Å². The molecule has 10 nitrogen and oxygen atoms in total. The van der Waals surface area contributed by atoms with E-state index in [1.54, 1.807) is 6.92 Å². The van der Waals surface area contributed by atoms with Gasteiger partial charge in [-0.2, -0.15) is 0 Å². The Morgan fingerprint density at radius 1 is 1.11 bits per heavy atom. The summed E-state index contributed by atoms with van der Waals surface area (Å²) >= 11 is 0. The molecule has 0 radical (unpaired) electrons. The minimum atomic E-state index is -1.07. The summed E-state index contributed by atoms with van der Waals surface area (Å²) in [4.78, 5) is 27.4. The third-order valence-corrected chi connectivity index (χ3v) is 8.60. The normalized spacial score (nSPS) is 38.3. The van der Waals surface area contributed by atoms with Crippen molar-refractivity contribution in [3.05, 3.63) is 29.8 Å². The number of carboxylic acid groups (broad SMARTS) is 1. The van der Waals surface area contributed by atoms with Crippen molar-refractivity contribution in [3.63, 3.8) is 0 Å². The lowest BCUT2D eigenvalue weighted by molar-refractivity contribution is -0.577. The summed E-state index contributed by atoms with van der Waals surface area (Å²) < 4.78 is 24.9. The number of oxime groups is 1. The van der Waals surface area contributed by atoms with Gasteiger partial charge in [-0.15, -0.1) is 0 Å². The third-order valence-electron chi connectivity index (χ3n) is 8.60. The average molecular weight is 534 g/mol. The Hall–Kier alpha value is -2.24. The van der Waals surface area contributed by atoms with Crippen LogP contribution in [0.1, 0.15) is 65.4 Å². The highest BCUT2D eigenvalue weighted by atomic mass is 17.3. The van der Waals surface area contributed by atoms with E-state index in [-0.39, 0.29) is 18.1 Å². The van der Waals surface area contributed by atoms with Crippen molar-refractivity contribution in [2.45, 2.75) is 83.8 Å². The third kappa shape index (κ3) is 5.29. The summed E-state index contributed by atoms with van der Waals surface area (Å²) in [5.74, 6) is 0.131. The van der Waals surface area contributed by atoms with E-state index >= 15 is 0 Å². The fourth-order valence-electron chi connectivity index (χ4n) is 6.54. The molecule has 0 amide bonds. The van der Waals surface area contributed by atoms with E-state index in [4.69, 9.17) is 38.7 Å². The second-order valence-corrected chi connectivity index (χ2v) is 11.2. The van der Waals surface area contributed by atoms with Gasteiger partial charge in [-0.25, -0.2) is 14.6 Å². The van der Waals surface area contributed by atoms with Gasteiger partial charge in [-0.3, -0.25) is 0 Å². The zero-order valence-electron chi connectivity index (χ0n) is 22.6. The van der Waals surface area contributed by atoms with Gasteiger partial charge in [0.1, 0.15) is 5.75 Å². The SMILES string of the molecule is C/C(=N\OCC(=O)O)c1ccc(OCCCO[C@H]2O[C@@H]3O[C@@]4(C)CCC5[C@H](C)CC[C@@H]([C@H]2C)[C@]53OO4)cc1. The number of fused-ring (bicyclic) bond motifs is 2. The van der Waals surface area contributed by atoms with E-state index in [2.05, 4.69) is 19.0 Å². The number of hydrogen-bond donors (Lipinski definition) is 1. The fraction of sp³-hybridized carbons (Fsp3) is 0.714. The van der Waals surface area contributed by atoms with Crippen molar-refractivity contribution in [2.75, 3.05) is 19.8 Å². The van der Waals surface area contributed by atoms with Crippen molar-refractivity contribution in [1.29, 1.82) is 0 Å². The molecule has 10 heteroatoms. The predicted octanol–water partition coefficient (Wildman–Crippen LogP) is 4.51. The van der Waals surface area contributed by atoms with Crippen LogP contribution in [0.2, 0.25) is 0 Å². The Morgan fingerprint density at radius 2 is 1.89 bits per heavy atom. The topological polar surface area (TPSA) is 114 Å². The molecule has 210 valence electrons. The molecule has 1 N–H and O–H groups in total. The molecule has 4 heterocycles. The molecule has 38 heavy (non-hydrogen) atoms. The van der Waals surface area contributed by atoms with Gasteiger partial charge in [0.15, 0.2) is 18.2 Å². The summed E-state index contributed by atoms with van der Waals surface area (Å²) in [7, 11) is 0. The first kappa shape index (κ1) is 27.3. The minimum absolute atomic E-state index is 0.147. The standard InChI is InChI=1S/C28H39NO9/c1-17-6-11-23-18(2)25(35-26-28(23)22(17)12-13-27(4,36-26)37-38-28)33-15-5-14-32-21-9-7-20(8-10-21)19(3)29-34-16-24(30)31/h7-10,17-18,22-23,25-26H,5-6,11-16H2,1-4H3,(H,30,31)/b29-19+/t17-,18-,22?,23+,25+,26-,27-,28-/m1/s1. The van der Waals surface area contributed by atoms with Crippen molar-refractivity contribution in [2.24, 2.45) is 28.8 Å². The quantitative estimate of drug-likeness (QED) is 0.201. The molecule has 4 aliphatic heterocycles. The lowest BCUT2D eigenvalue weighted by Crippen LogP contribution is -2.70. The molecule has 6 rings (SSSR count). The van der Waals surface area contributed by atoms with E-state index in [0.29, 0.717) is 37.2 Å². The largest absolute Gasteiger partial charge is 0.494 e. The minimum Gasteiger partial charge on any atom is -0.494 e. The van der Waals surface area contributed by atoms with Crippen LogP contribution < -0.4 is 4.74 Å². The monoisotopic (exact) mass is 533 g/mol. The first-order valence-electron chi connectivity index (χ1n) is 13.6. The highest BCUT2D eigenvalue weighted by Gasteiger charge is 2.69.